The van der Waals surface area contributed by atoms with E-state index in [1.54, 1.807) is 7.11 Å². The molecule has 4 heteroatoms. The molecule has 1 atom stereocenters. The van der Waals surface area contributed by atoms with E-state index in [1.165, 1.54) is 0 Å². The molecule has 1 aliphatic heterocycles. The van der Waals surface area contributed by atoms with Gasteiger partial charge < -0.3 is 9.64 Å². The molecule has 1 unspecified atom stereocenters. The number of likely N-dealkylation sites (tertiary alicyclic amines) is 1. The molecule has 1 aromatic carbocycles. The number of hydrogen-bond donors (Lipinski definition) is 0. The lowest BCUT2D eigenvalue weighted by Gasteiger charge is -2.19. The van der Waals surface area contributed by atoms with Crippen molar-refractivity contribution in [2.75, 3.05) is 40.8 Å². The number of methoxy groups -OCH3 is 1. The SMILES string of the molecule is COc1ccc(C(=O)CN2CCC(N(C)C)C2)cc1. The molecule has 0 spiro atoms. The second-order valence-electron chi connectivity index (χ2n) is 5.29. The van der Waals surface area contributed by atoms with E-state index in [0.29, 0.717) is 12.6 Å². The first-order chi connectivity index (χ1) is 9.10. The highest BCUT2D eigenvalue weighted by atomic mass is 16.5. The predicted molar refractivity (Wildman–Crippen MR) is 75.9 cm³/mol. The van der Waals surface area contributed by atoms with Gasteiger partial charge in [-0.2, -0.15) is 0 Å². The number of nitrogens with zero attached hydrogens (tertiary/aromatic N) is 2. The normalized spacial score (nSPS) is 19.9. The van der Waals surface area contributed by atoms with E-state index >= 15 is 0 Å². The Bertz CT molecular complexity index is 428. The molecule has 1 aliphatic rings. The number of carbonyl (C=O) groups is 1. The van der Waals surface area contributed by atoms with Crippen molar-refractivity contribution in [1.82, 2.24) is 9.80 Å². The van der Waals surface area contributed by atoms with Crippen LogP contribution >= 0.6 is 0 Å². The summed E-state index contributed by atoms with van der Waals surface area (Å²) in [6.07, 6.45) is 1.14. The highest BCUT2D eigenvalue weighted by molar-refractivity contribution is 5.97. The van der Waals surface area contributed by atoms with E-state index in [-0.39, 0.29) is 5.78 Å². The number of ketones is 1. The van der Waals surface area contributed by atoms with Crippen molar-refractivity contribution in [3.8, 4) is 5.75 Å². The van der Waals surface area contributed by atoms with E-state index in [2.05, 4.69) is 23.9 Å². The standard InChI is InChI=1S/C15H22N2O2/c1-16(2)13-8-9-17(10-13)11-15(18)12-4-6-14(19-3)7-5-12/h4-7,13H,8-11H2,1-3H3. The van der Waals surface area contributed by atoms with Crippen LogP contribution in [0.4, 0.5) is 0 Å². The average Bonchev–Trinajstić information content (AvgIpc) is 2.87. The van der Waals surface area contributed by atoms with Gasteiger partial charge in [-0.25, -0.2) is 0 Å². The van der Waals surface area contributed by atoms with Crippen LogP contribution in [0.3, 0.4) is 0 Å². The van der Waals surface area contributed by atoms with Gasteiger partial charge in [0.15, 0.2) is 5.78 Å². The Balaban J connectivity index is 1.90. The third kappa shape index (κ3) is 3.55. The molecule has 1 heterocycles. The molecule has 0 saturated carbocycles. The Morgan fingerprint density at radius 3 is 2.58 bits per heavy atom. The quantitative estimate of drug-likeness (QED) is 0.753. The van der Waals surface area contributed by atoms with Gasteiger partial charge in [-0.1, -0.05) is 0 Å². The zero-order chi connectivity index (χ0) is 13.8. The second-order valence-corrected chi connectivity index (χ2v) is 5.29. The largest absolute Gasteiger partial charge is 0.497 e. The summed E-state index contributed by atoms with van der Waals surface area (Å²) in [6.45, 7) is 2.50. The lowest BCUT2D eigenvalue weighted by atomic mass is 10.1. The van der Waals surface area contributed by atoms with Crippen LogP contribution in [0.5, 0.6) is 5.75 Å². The summed E-state index contributed by atoms with van der Waals surface area (Å²) in [7, 11) is 5.82. The van der Waals surface area contributed by atoms with Crippen molar-refractivity contribution < 1.29 is 9.53 Å². The van der Waals surface area contributed by atoms with Crippen molar-refractivity contribution in [2.45, 2.75) is 12.5 Å². The fourth-order valence-electron chi connectivity index (χ4n) is 2.45. The maximum absolute atomic E-state index is 12.2. The number of ether oxygens (including phenoxy) is 1. The van der Waals surface area contributed by atoms with E-state index in [1.807, 2.05) is 24.3 Å². The Morgan fingerprint density at radius 1 is 1.37 bits per heavy atom. The first-order valence-corrected chi connectivity index (χ1v) is 6.66. The Morgan fingerprint density at radius 2 is 2.05 bits per heavy atom. The highest BCUT2D eigenvalue weighted by Crippen LogP contribution is 2.15. The van der Waals surface area contributed by atoms with Gasteiger partial charge in [0.2, 0.25) is 0 Å². The van der Waals surface area contributed by atoms with E-state index < -0.39 is 0 Å². The predicted octanol–water partition coefficient (Wildman–Crippen LogP) is 1.51. The van der Waals surface area contributed by atoms with Crippen molar-refractivity contribution in [1.29, 1.82) is 0 Å². The van der Waals surface area contributed by atoms with Gasteiger partial charge in [-0.15, -0.1) is 0 Å². The summed E-state index contributed by atoms with van der Waals surface area (Å²) >= 11 is 0. The van der Waals surface area contributed by atoms with Crippen LogP contribution in [0.2, 0.25) is 0 Å². The fourth-order valence-corrected chi connectivity index (χ4v) is 2.45. The molecule has 1 saturated heterocycles. The van der Waals surface area contributed by atoms with E-state index in [4.69, 9.17) is 4.74 Å². The van der Waals surface area contributed by atoms with Crippen LogP contribution in [-0.4, -0.2) is 62.5 Å². The van der Waals surface area contributed by atoms with Crippen LogP contribution in [-0.2, 0) is 0 Å². The molecule has 0 aromatic heterocycles. The fraction of sp³-hybridized carbons (Fsp3) is 0.533. The summed E-state index contributed by atoms with van der Waals surface area (Å²) in [6, 6.07) is 7.91. The number of benzene rings is 1. The molecule has 1 aromatic rings. The van der Waals surface area contributed by atoms with Gasteiger partial charge in [0.25, 0.3) is 0 Å². The molecular weight excluding hydrogens is 240 g/mol. The lowest BCUT2D eigenvalue weighted by molar-refractivity contribution is 0.0941. The Kier molecular flexibility index (Phi) is 4.56. The molecule has 2 rings (SSSR count). The first-order valence-electron chi connectivity index (χ1n) is 6.66. The third-order valence-electron chi connectivity index (χ3n) is 3.76. The van der Waals surface area contributed by atoms with E-state index in [9.17, 15) is 4.79 Å². The summed E-state index contributed by atoms with van der Waals surface area (Å²) in [4.78, 5) is 16.6. The van der Waals surface area contributed by atoms with Crippen LogP contribution in [0, 0.1) is 0 Å². The molecule has 4 nitrogen and oxygen atoms in total. The maximum Gasteiger partial charge on any atom is 0.176 e. The number of hydrogen-bond acceptors (Lipinski definition) is 4. The second kappa shape index (κ2) is 6.17. The van der Waals surface area contributed by atoms with Crippen molar-refractivity contribution in [3.63, 3.8) is 0 Å². The lowest BCUT2D eigenvalue weighted by Crippen LogP contribution is -2.33. The molecule has 0 amide bonds. The monoisotopic (exact) mass is 262 g/mol. The van der Waals surface area contributed by atoms with Gasteiger partial charge in [0.05, 0.1) is 13.7 Å². The molecule has 19 heavy (non-hydrogen) atoms. The van der Waals surface area contributed by atoms with Crippen molar-refractivity contribution in [2.24, 2.45) is 0 Å². The number of rotatable bonds is 5. The van der Waals surface area contributed by atoms with Gasteiger partial charge in [-0.05, 0) is 44.8 Å². The summed E-state index contributed by atoms with van der Waals surface area (Å²) < 4.78 is 5.10. The summed E-state index contributed by atoms with van der Waals surface area (Å²) in [5, 5.41) is 0. The zero-order valence-electron chi connectivity index (χ0n) is 11.9. The van der Waals surface area contributed by atoms with Crippen LogP contribution in [0.15, 0.2) is 24.3 Å². The van der Waals surface area contributed by atoms with Crippen molar-refractivity contribution in [3.05, 3.63) is 29.8 Å². The Hall–Kier alpha value is -1.39. The Labute approximate surface area is 115 Å². The highest BCUT2D eigenvalue weighted by Gasteiger charge is 2.25. The minimum absolute atomic E-state index is 0.182. The van der Waals surface area contributed by atoms with Gasteiger partial charge in [0.1, 0.15) is 5.75 Å². The van der Waals surface area contributed by atoms with Crippen LogP contribution in [0.25, 0.3) is 0 Å². The summed E-state index contributed by atoms with van der Waals surface area (Å²) in [5.41, 5.74) is 0.758. The molecule has 104 valence electrons. The first kappa shape index (κ1) is 14.0. The van der Waals surface area contributed by atoms with E-state index in [0.717, 1.165) is 30.8 Å². The number of likely N-dealkylation sites (N-methyl/N-ethyl adjacent to an activating group) is 1. The number of Topliss-reactive ketones (excluding diaryl/α,β-unsaturated/α-hetero) is 1. The average molecular weight is 262 g/mol. The smallest absolute Gasteiger partial charge is 0.176 e. The van der Waals surface area contributed by atoms with Gasteiger partial charge in [-0.3, -0.25) is 9.69 Å². The third-order valence-corrected chi connectivity index (χ3v) is 3.76. The minimum Gasteiger partial charge on any atom is -0.497 e. The zero-order valence-corrected chi connectivity index (χ0v) is 11.9. The van der Waals surface area contributed by atoms with Gasteiger partial charge >= 0.3 is 0 Å². The summed E-state index contributed by atoms with van der Waals surface area (Å²) in [5.74, 6) is 0.965. The van der Waals surface area contributed by atoms with Crippen molar-refractivity contribution >= 4 is 5.78 Å². The molecule has 0 bridgehead atoms. The molecule has 1 fully saturated rings. The molecule has 0 aliphatic carbocycles. The molecule has 0 N–H and O–H groups in total. The maximum atomic E-state index is 12.2. The molecular formula is C15H22N2O2. The van der Waals surface area contributed by atoms with Crippen LogP contribution < -0.4 is 4.74 Å². The number of carbonyl (C=O) groups excluding carboxylic acids is 1. The minimum atomic E-state index is 0.182. The topological polar surface area (TPSA) is 32.8 Å². The van der Waals surface area contributed by atoms with Crippen LogP contribution in [0.1, 0.15) is 16.8 Å². The van der Waals surface area contributed by atoms with Gasteiger partial charge in [0, 0.05) is 24.7 Å². The molecule has 0 radical (unpaired) electrons.